The highest BCUT2D eigenvalue weighted by Crippen LogP contribution is 2.43. The van der Waals surface area contributed by atoms with Gasteiger partial charge in [-0.2, -0.15) is 0 Å². The molecule has 16 heteroatoms. The minimum atomic E-state index is -4.42. The molecular formula is C48H91N3O12P+. The molecule has 3 N–H and O–H groups in total. The SMILES string of the molecule is C[N+](C)(C)CCOP(=O)(O)OCC(COC(=O)CCCCCCCCCCCNC(=O)OCC1CCCCC1)OC(=O)CCCCCCCCCCCNC(=O)OCC1CCCCC1. The summed E-state index contributed by atoms with van der Waals surface area (Å²) >= 11 is 0. The van der Waals surface area contributed by atoms with E-state index in [9.17, 15) is 28.6 Å². The number of likely N-dealkylation sites (N-methyl/N-ethyl adjacent to an activating group) is 1. The fourth-order valence-electron chi connectivity index (χ4n) is 8.10. The van der Waals surface area contributed by atoms with E-state index in [2.05, 4.69) is 10.6 Å². The summed E-state index contributed by atoms with van der Waals surface area (Å²) in [4.78, 5) is 59.4. The van der Waals surface area contributed by atoms with Crippen LogP contribution in [0.15, 0.2) is 0 Å². The van der Waals surface area contributed by atoms with Crippen LogP contribution < -0.4 is 10.6 Å². The number of carbonyl (C=O) groups is 4. The van der Waals surface area contributed by atoms with Crippen molar-refractivity contribution in [2.24, 2.45) is 11.8 Å². The molecule has 0 spiro atoms. The smallest absolute Gasteiger partial charge is 0.462 e. The van der Waals surface area contributed by atoms with Gasteiger partial charge in [0.05, 0.1) is 41.0 Å². The van der Waals surface area contributed by atoms with Gasteiger partial charge < -0.3 is 39.0 Å². The number of nitrogens with one attached hydrogen (secondary N) is 2. The van der Waals surface area contributed by atoms with Gasteiger partial charge in [0, 0.05) is 25.9 Å². The third kappa shape index (κ3) is 34.8. The Hall–Kier alpha value is -2.45. The predicted octanol–water partition coefficient (Wildman–Crippen LogP) is 10.7. The predicted molar refractivity (Wildman–Crippen MR) is 250 cm³/mol. The lowest BCUT2D eigenvalue weighted by Crippen LogP contribution is -2.37. The number of rotatable bonds is 38. The lowest BCUT2D eigenvalue weighted by molar-refractivity contribution is -0.870. The average Bonchev–Trinajstić information content (AvgIpc) is 3.26. The molecule has 0 saturated heterocycles. The standard InChI is InChI=1S/C48H90N3O12P/c1-51(2,3)36-37-61-64(56,57)62-41-44(63-46(53)33-25-15-11-7-5-9-13-17-27-35-50-48(55)60-39-43-30-22-19-23-31-43)40-58-45(52)32-24-14-10-6-4-8-12-16-26-34-49-47(54)59-38-42-28-20-18-21-29-42/h42-44H,4-41H2,1-3H3,(H2-,49,50,54,55,56,57)/p+1. The highest BCUT2D eigenvalue weighted by molar-refractivity contribution is 7.47. The number of hydrogen-bond donors (Lipinski definition) is 3. The van der Waals surface area contributed by atoms with Crippen LogP contribution in [0.1, 0.15) is 193 Å². The summed E-state index contributed by atoms with van der Waals surface area (Å²) < 4.78 is 45.1. The van der Waals surface area contributed by atoms with Gasteiger partial charge >= 0.3 is 31.9 Å². The second-order valence-electron chi connectivity index (χ2n) is 19.3. The fraction of sp³-hybridized carbons (Fsp3) is 0.917. The molecule has 0 bridgehead atoms. The molecule has 0 aromatic heterocycles. The number of ether oxygens (including phenoxy) is 4. The van der Waals surface area contributed by atoms with Crippen molar-refractivity contribution in [2.75, 3.05) is 73.8 Å². The molecule has 2 fully saturated rings. The third-order valence-electron chi connectivity index (χ3n) is 12.2. The van der Waals surface area contributed by atoms with Crippen LogP contribution in [0, 0.1) is 11.8 Å². The minimum Gasteiger partial charge on any atom is -0.462 e. The van der Waals surface area contributed by atoms with Crippen molar-refractivity contribution in [1.29, 1.82) is 0 Å². The summed E-state index contributed by atoms with van der Waals surface area (Å²) in [6, 6.07) is 0. The zero-order chi connectivity index (χ0) is 46.6. The van der Waals surface area contributed by atoms with Crippen molar-refractivity contribution in [3.63, 3.8) is 0 Å². The number of esters is 2. The Bertz CT molecular complexity index is 1270. The fourth-order valence-corrected chi connectivity index (χ4v) is 8.85. The molecule has 2 saturated carbocycles. The van der Waals surface area contributed by atoms with Gasteiger partial charge in [0.1, 0.15) is 19.8 Å². The molecule has 2 aliphatic rings. The molecule has 64 heavy (non-hydrogen) atoms. The zero-order valence-corrected chi connectivity index (χ0v) is 41.3. The van der Waals surface area contributed by atoms with Crippen molar-refractivity contribution in [3.8, 4) is 0 Å². The number of phosphoric acid groups is 1. The largest absolute Gasteiger partial charge is 0.472 e. The van der Waals surface area contributed by atoms with E-state index >= 15 is 0 Å². The number of nitrogens with zero attached hydrogens (tertiary/aromatic N) is 1. The molecule has 2 aliphatic carbocycles. The van der Waals surface area contributed by atoms with Crippen molar-refractivity contribution in [2.45, 2.75) is 199 Å². The Morgan fingerprint density at radius 3 is 1.39 bits per heavy atom. The van der Waals surface area contributed by atoms with Crippen molar-refractivity contribution < 1.29 is 61.1 Å². The van der Waals surface area contributed by atoms with E-state index < -0.39 is 32.5 Å². The highest BCUT2D eigenvalue weighted by atomic mass is 31.2. The van der Waals surface area contributed by atoms with E-state index in [0.29, 0.717) is 62.0 Å². The van der Waals surface area contributed by atoms with Gasteiger partial charge in [0.15, 0.2) is 6.10 Å². The summed E-state index contributed by atoms with van der Waals surface area (Å²) in [5.41, 5.74) is 0. The number of alkyl carbamates (subject to hydrolysis) is 2. The Kier molecular flexibility index (Phi) is 33.0. The van der Waals surface area contributed by atoms with E-state index in [4.69, 9.17) is 28.0 Å². The van der Waals surface area contributed by atoms with Crippen LogP contribution in [-0.4, -0.2) is 113 Å². The number of unbranched alkanes of at least 4 members (excludes halogenated alkanes) is 16. The van der Waals surface area contributed by atoms with Crippen LogP contribution in [0.2, 0.25) is 0 Å². The Morgan fingerprint density at radius 1 is 0.547 bits per heavy atom. The maximum Gasteiger partial charge on any atom is 0.472 e. The molecule has 2 rings (SSSR count). The maximum atomic E-state index is 12.8. The Labute approximate surface area is 387 Å². The molecule has 0 heterocycles. The van der Waals surface area contributed by atoms with Gasteiger partial charge in [-0.1, -0.05) is 128 Å². The van der Waals surface area contributed by atoms with E-state index in [0.717, 1.165) is 128 Å². The van der Waals surface area contributed by atoms with E-state index in [1.807, 2.05) is 21.1 Å². The van der Waals surface area contributed by atoms with Gasteiger partial charge in [-0.3, -0.25) is 18.6 Å². The minimum absolute atomic E-state index is 0.00380. The lowest BCUT2D eigenvalue weighted by atomic mass is 9.90. The van der Waals surface area contributed by atoms with Crippen LogP contribution in [0.3, 0.4) is 0 Å². The summed E-state index contributed by atoms with van der Waals surface area (Å²) in [7, 11) is 1.38. The van der Waals surface area contributed by atoms with Gasteiger partial charge in [0.25, 0.3) is 0 Å². The van der Waals surface area contributed by atoms with Crippen LogP contribution >= 0.6 is 7.82 Å². The number of phosphoric ester groups is 1. The zero-order valence-electron chi connectivity index (χ0n) is 40.4. The molecular weight excluding hydrogens is 842 g/mol. The molecule has 0 aromatic carbocycles. The summed E-state index contributed by atoms with van der Waals surface area (Å²) in [6.07, 6.45) is 29.1. The third-order valence-corrected chi connectivity index (χ3v) is 13.2. The summed E-state index contributed by atoms with van der Waals surface area (Å²) in [6.45, 7) is 2.14. The highest BCUT2D eigenvalue weighted by Gasteiger charge is 2.27. The van der Waals surface area contributed by atoms with Crippen molar-refractivity contribution in [1.82, 2.24) is 10.6 Å². The number of hydrogen-bond acceptors (Lipinski definition) is 11. The van der Waals surface area contributed by atoms with E-state index in [1.54, 1.807) is 0 Å². The van der Waals surface area contributed by atoms with Crippen LogP contribution in [0.4, 0.5) is 9.59 Å². The van der Waals surface area contributed by atoms with Crippen LogP contribution in [0.5, 0.6) is 0 Å². The maximum absolute atomic E-state index is 12.8. The van der Waals surface area contributed by atoms with Gasteiger partial charge in [-0.25, -0.2) is 14.2 Å². The molecule has 15 nitrogen and oxygen atoms in total. The first-order valence-electron chi connectivity index (χ1n) is 25.4. The quantitative estimate of drug-likeness (QED) is 0.0175. The Morgan fingerprint density at radius 2 is 0.953 bits per heavy atom. The normalized spacial score (nSPS) is 16.4. The van der Waals surface area contributed by atoms with Gasteiger partial charge in [-0.15, -0.1) is 0 Å². The molecule has 2 amide bonds. The second kappa shape index (κ2) is 36.6. The first kappa shape index (κ1) is 57.7. The van der Waals surface area contributed by atoms with E-state index in [1.165, 1.54) is 38.5 Å². The van der Waals surface area contributed by atoms with Crippen LogP contribution in [-0.2, 0) is 42.1 Å². The Balaban J connectivity index is 1.52. The molecule has 0 aromatic rings. The number of quaternary nitrogens is 1. The van der Waals surface area contributed by atoms with Crippen molar-refractivity contribution in [3.05, 3.63) is 0 Å². The topological polar surface area (TPSA) is 185 Å². The monoisotopic (exact) mass is 933 g/mol. The molecule has 2 unspecified atom stereocenters. The van der Waals surface area contributed by atoms with Crippen molar-refractivity contribution >= 4 is 31.9 Å². The molecule has 2 atom stereocenters. The second-order valence-corrected chi connectivity index (χ2v) is 20.8. The summed E-state index contributed by atoms with van der Waals surface area (Å²) in [5.74, 6) is 0.154. The summed E-state index contributed by atoms with van der Waals surface area (Å²) in [5, 5.41) is 5.74. The molecule has 0 radical (unpaired) electrons. The first-order valence-corrected chi connectivity index (χ1v) is 26.9. The molecule has 374 valence electrons. The number of amides is 2. The van der Waals surface area contributed by atoms with Crippen LogP contribution in [0.25, 0.3) is 0 Å². The molecule has 0 aliphatic heterocycles. The van der Waals surface area contributed by atoms with Gasteiger partial charge in [0.2, 0.25) is 0 Å². The first-order chi connectivity index (χ1) is 30.8. The lowest BCUT2D eigenvalue weighted by Gasteiger charge is -2.24. The average molecular weight is 933 g/mol. The van der Waals surface area contributed by atoms with Gasteiger partial charge in [-0.05, 0) is 63.2 Å². The van der Waals surface area contributed by atoms with E-state index in [-0.39, 0.29) is 38.2 Å². The number of carbonyl (C=O) groups excluding carboxylic acids is 4.